The minimum Gasteiger partial charge on any atom is -0.493 e. The minimum absolute atomic E-state index is 0.0334. The molecule has 0 aliphatic heterocycles. The van der Waals surface area contributed by atoms with Crippen LogP contribution in [0.3, 0.4) is 0 Å². The Morgan fingerprint density at radius 2 is 2.25 bits per heavy atom. The molecule has 5 nitrogen and oxygen atoms in total. The summed E-state index contributed by atoms with van der Waals surface area (Å²) in [6.07, 6.45) is 5.43. The van der Waals surface area contributed by atoms with Gasteiger partial charge in [0.1, 0.15) is 11.5 Å². The zero-order chi connectivity index (χ0) is 14.5. The lowest BCUT2D eigenvalue weighted by atomic mass is 10.0. The number of hydrogen-bond donors (Lipinski definition) is 1. The van der Waals surface area contributed by atoms with Crippen molar-refractivity contribution < 1.29 is 9.15 Å². The molecule has 0 saturated heterocycles. The standard InChI is InChI=1S/C15H23N3O2/c1-5-8-16-14(11-7-9-20-12(11)6-2)15-13(19-4)10-17-18(15)3/h7,9-10,14,16H,5-6,8H2,1-4H3. The van der Waals surface area contributed by atoms with Gasteiger partial charge in [-0.2, -0.15) is 5.10 Å². The van der Waals surface area contributed by atoms with Gasteiger partial charge in [-0.1, -0.05) is 13.8 Å². The smallest absolute Gasteiger partial charge is 0.161 e. The van der Waals surface area contributed by atoms with Crippen LogP contribution < -0.4 is 10.1 Å². The third kappa shape index (κ3) is 2.72. The maximum Gasteiger partial charge on any atom is 0.161 e. The van der Waals surface area contributed by atoms with Crippen molar-refractivity contribution in [3.8, 4) is 5.75 Å². The number of rotatable bonds is 7. The van der Waals surface area contributed by atoms with E-state index in [9.17, 15) is 0 Å². The first-order valence-corrected chi connectivity index (χ1v) is 7.08. The molecule has 0 aromatic carbocycles. The van der Waals surface area contributed by atoms with Crippen LogP contribution in [0.4, 0.5) is 0 Å². The van der Waals surface area contributed by atoms with Crippen molar-refractivity contribution in [2.75, 3.05) is 13.7 Å². The third-order valence-corrected chi connectivity index (χ3v) is 3.45. The molecule has 20 heavy (non-hydrogen) atoms. The summed E-state index contributed by atoms with van der Waals surface area (Å²) in [6.45, 7) is 5.17. The Morgan fingerprint density at radius 3 is 2.90 bits per heavy atom. The fourth-order valence-corrected chi connectivity index (χ4v) is 2.45. The molecule has 0 fully saturated rings. The molecule has 2 heterocycles. The molecule has 0 aliphatic carbocycles. The van der Waals surface area contributed by atoms with Gasteiger partial charge in [-0.3, -0.25) is 4.68 Å². The SMILES string of the molecule is CCCNC(c1ccoc1CC)c1c(OC)cnn1C. The van der Waals surface area contributed by atoms with E-state index in [0.29, 0.717) is 0 Å². The number of aryl methyl sites for hydroxylation is 2. The predicted molar refractivity (Wildman–Crippen MR) is 78.0 cm³/mol. The van der Waals surface area contributed by atoms with Crippen molar-refractivity contribution in [2.24, 2.45) is 7.05 Å². The molecule has 2 aromatic heterocycles. The summed E-state index contributed by atoms with van der Waals surface area (Å²) < 4.78 is 12.9. The maximum absolute atomic E-state index is 5.58. The van der Waals surface area contributed by atoms with Crippen molar-refractivity contribution in [1.29, 1.82) is 0 Å². The van der Waals surface area contributed by atoms with Gasteiger partial charge in [-0.25, -0.2) is 0 Å². The molecule has 0 bridgehead atoms. The van der Waals surface area contributed by atoms with Gasteiger partial charge in [0.25, 0.3) is 0 Å². The Balaban J connectivity index is 2.44. The maximum atomic E-state index is 5.58. The summed E-state index contributed by atoms with van der Waals surface area (Å²) >= 11 is 0. The highest BCUT2D eigenvalue weighted by Crippen LogP contribution is 2.32. The van der Waals surface area contributed by atoms with Gasteiger partial charge in [0.05, 0.1) is 25.6 Å². The van der Waals surface area contributed by atoms with Gasteiger partial charge in [0.15, 0.2) is 5.75 Å². The van der Waals surface area contributed by atoms with Gasteiger partial charge in [-0.15, -0.1) is 0 Å². The summed E-state index contributed by atoms with van der Waals surface area (Å²) in [5, 5.41) is 7.87. The van der Waals surface area contributed by atoms with Gasteiger partial charge in [-0.05, 0) is 19.0 Å². The minimum atomic E-state index is 0.0334. The van der Waals surface area contributed by atoms with Crippen LogP contribution >= 0.6 is 0 Å². The van der Waals surface area contributed by atoms with Crippen LogP contribution in [0.25, 0.3) is 0 Å². The first-order valence-electron chi connectivity index (χ1n) is 7.08. The molecule has 0 saturated carbocycles. The number of nitrogens with zero attached hydrogens (tertiary/aromatic N) is 2. The topological polar surface area (TPSA) is 52.2 Å². The number of furan rings is 1. The van der Waals surface area contributed by atoms with Crippen molar-refractivity contribution in [2.45, 2.75) is 32.7 Å². The second kappa shape index (κ2) is 6.61. The monoisotopic (exact) mass is 277 g/mol. The quantitative estimate of drug-likeness (QED) is 0.845. The predicted octanol–water partition coefficient (Wildman–Crippen LogP) is 2.67. The van der Waals surface area contributed by atoms with Crippen LogP contribution in [0.15, 0.2) is 22.9 Å². The molecule has 1 N–H and O–H groups in total. The Bertz CT molecular complexity index is 545. The zero-order valence-corrected chi connectivity index (χ0v) is 12.6. The first kappa shape index (κ1) is 14.7. The highest BCUT2D eigenvalue weighted by atomic mass is 16.5. The van der Waals surface area contributed by atoms with E-state index < -0.39 is 0 Å². The second-order valence-corrected chi connectivity index (χ2v) is 4.76. The second-order valence-electron chi connectivity index (χ2n) is 4.76. The van der Waals surface area contributed by atoms with Crippen LogP contribution in [-0.2, 0) is 13.5 Å². The molecular formula is C15H23N3O2. The van der Waals surface area contributed by atoms with Gasteiger partial charge in [0, 0.05) is 19.0 Å². The number of ether oxygens (including phenoxy) is 1. The van der Waals surface area contributed by atoms with E-state index in [1.54, 1.807) is 19.6 Å². The molecule has 1 unspecified atom stereocenters. The van der Waals surface area contributed by atoms with Crippen LogP contribution in [0, 0.1) is 0 Å². The number of hydrogen-bond acceptors (Lipinski definition) is 4. The lowest BCUT2D eigenvalue weighted by Crippen LogP contribution is -2.26. The average molecular weight is 277 g/mol. The van der Waals surface area contributed by atoms with E-state index in [4.69, 9.17) is 9.15 Å². The summed E-state index contributed by atoms with van der Waals surface area (Å²) in [7, 11) is 3.61. The molecule has 0 spiro atoms. The first-order chi connectivity index (χ1) is 9.72. The zero-order valence-electron chi connectivity index (χ0n) is 12.6. The number of aromatic nitrogens is 2. The fourth-order valence-electron chi connectivity index (χ4n) is 2.45. The van der Waals surface area contributed by atoms with Crippen molar-refractivity contribution >= 4 is 0 Å². The summed E-state index contributed by atoms with van der Waals surface area (Å²) in [5.74, 6) is 1.80. The molecular weight excluding hydrogens is 254 g/mol. The largest absolute Gasteiger partial charge is 0.493 e. The fraction of sp³-hybridized carbons (Fsp3) is 0.533. The molecule has 0 amide bonds. The van der Waals surface area contributed by atoms with E-state index in [-0.39, 0.29) is 6.04 Å². The lowest BCUT2D eigenvalue weighted by Gasteiger charge is -2.20. The third-order valence-electron chi connectivity index (χ3n) is 3.45. The van der Waals surface area contributed by atoms with Crippen LogP contribution in [0.2, 0.25) is 0 Å². The van der Waals surface area contributed by atoms with Gasteiger partial charge in [0.2, 0.25) is 0 Å². The van der Waals surface area contributed by atoms with E-state index in [1.165, 1.54) is 0 Å². The highest BCUT2D eigenvalue weighted by molar-refractivity contribution is 5.37. The average Bonchev–Trinajstić information content (AvgIpc) is 3.07. The van der Waals surface area contributed by atoms with Crippen molar-refractivity contribution in [3.63, 3.8) is 0 Å². The summed E-state index contributed by atoms with van der Waals surface area (Å²) in [4.78, 5) is 0. The molecule has 2 aromatic rings. The molecule has 110 valence electrons. The van der Waals surface area contributed by atoms with E-state index in [0.717, 1.165) is 42.2 Å². The highest BCUT2D eigenvalue weighted by Gasteiger charge is 2.25. The van der Waals surface area contributed by atoms with Crippen LogP contribution in [0.5, 0.6) is 5.75 Å². The Labute approximate surface area is 119 Å². The molecule has 2 rings (SSSR count). The Morgan fingerprint density at radius 1 is 1.45 bits per heavy atom. The normalized spacial score (nSPS) is 12.6. The van der Waals surface area contributed by atoms with Crippen LogP contribution in [-0.4, -0.2) is 23.4 Å². The van der Waals surface area contributed by atoms with Crippen molar-refractivity contribution in [1.82, 2.24) is 15.1 Å². The van der Waals surface area contributed by atoms with Gasteiger partial charge < -0.3 is 14.5 Å². The molecule has 0 aliphatic rings. The lowest BCUT2D eigenvalue weighted by molar-refractivity contribution is 0.399. The van der Waals surface area contributed by atoms with E-state index in [2.05, 4.69) is 24.3 Å². The summed E-state index contributed by atoms with van der Waals surface area (Å²) in [5.41, 5.74) is 2.18. The number of nitrogens with one attached hydrogen (secondary N) is 1. The van der Waals surface area contributed by atoms with Crippen LogP contribution in [0.1, 0.15) is 43.3 Å². The molecule has 0 radical (unpaired) electrons. The Hall–Kier alpha value is -1.75. The Kier molecular flexibility index (Phi) is 4.84. The van der Waals surface area contributed by atoms with E-state index in [1.807, 2.05) is 17.8 Å². The van der Waals surface area contributed by atoms with Gasteiger partial charge >= 0.3 is 0 Å². The molecule has 5 heteroatoms. The van der Waals surface area contributed by atoms with E-state index >= 15 is 0 Å². The number of methoxy groups -OCH3 is 1. The summed E-state index contributed by atoms with van der Waals surface area (Å²) in [6, 6.07) is 2.06. The molecule has 1 atom stereocenters. The van der Waals surface area contributed by atoms with Crippen molar-refractivity contribution in [3.05, 3.63) is 35.5 Å².